The van der Waals surface area contributed by atoms with Crippen LogP contribution in [0.2, 0.25) is 5.02 Å². The van der Waals surface area contributed by atoms with Gasteiger partial charge in [0.15, 0.2) is 5.76 Å². The van der Waals surface area contributed by atoms with Crippen LogP contribution in [0.3, 0.4) is 0 Å². The summed E-state index contributed by atoms with van der Waals surface area (Å²) in [4.78, 5) is 24.5. The second kappa shape index (κ2) is 7.35. The van der Waals surface area contributed by atoms with Crippen LogP contribution in [0.1, 0.15) is 26.5 Å². The van der Waals surface area contributed by atoms with Crippen molar-refractivity contribution < 1.29 is 23.5 Å². The molecule has 1 amide bonds. The van der Waals surface area contributed by atoms with Crippen LogP contribution in [0.4, 0.5) is 9.39 Å². The number of carboxylic acid groups (broad SMARTS) is 1. The molecule has 146 valence electrons. The Labute approximate surface area is 173 Å². The first-order chi connectivity index (χ1) is 13.8. The lowest BCUT2D eigenvalue weighted by Gasteiger charge is -2.08. The Morgan fingerprint density at radius 2 is 1.93 bits per heavy atom. The average Bonchev–Trinajstić information content (AvgIpc) is 3.28. The fourth-order valence-corrected chi connectivity index (χ4v) is 4.08. The molecule has 8 heteroatoms. The van der Waals surface area contributed by atoms with Crippen molar-refractivity contribution in [2.45, 2.75) is 6.92 Å². The summed E-state index contributed by atoms with van der Waals surface area (Å²) in [6.07, 6.45) is 0. The summed E-state index contributed by atoms with van der Waals surface area (Å²) < 4.78 is 20.0. The minimum absolute atomic E-state index is 0.0436. The van der Waals surface area contributed by atoms with Crippen molar-refractivity contribution in [2.24, 2.45) is 0 Å². The molecule has 2 aromatic heterocycles. The van der Waals surface area contributed by atoms with Crippen LogP contribution in [0.15, 0.2) is 52.3 Å². The maximum Gasteiger partial charge on any atom is 0.339 e. The van der Waals surface area contributed by atoms with Crippen LogP contribution in [-0.2, 0) is 0 Å². The molecule has 2 heterocycles. The SMILES string of the molecule is Cc1cc(F)c(-c2csc(NC(=O)c3cc4ccccc4o3)c2C(=O)O)cc1Cl. The summed E-state index contributed by atoms with van der Waals surface area (Å²) in [5, 5.41) is 14.9. The average molecular weight is 430 g/mol. The topological polar surface area (TPSA) is 79.5 Å². The minimum atomic E-state index is -1.29. The number of carbonyl (C=O) groups is 2. The molecule has 0 spiro atoms. The quantitative estimate of drug-likeness (QED) is 0.404. The number of halogens is 2. The molecule has 29 heavy (non-hydrogen) atoms. The van der Waals surface area contributed by atoms with Crippen molar-refractivity contribution in [3.05, 3.63) is 75.6 Å². The molecule has 4 aromatic rings. The zero-order valence-electron chi connectivity index (χ0n) is 15.0. The van der Waals surface area contributed by atoms with Crippen LogP contribution >= 0.6 is 22.9 Å². The van der Waals surface area contributed by atoms with E-state index in [4.69, 9.17) is 16.0 Å². The van der Waals surface area contributed by atoms with E-state index in [2.05, 4.69) is 5.32 Å². The monoisotopic (exact) mass is 429 g/mol. The predicted octanol–water partition coefficient (Wildman–Crippen LogP) is 6.21. The van der Waals surface area contributed by atoms with Gasteiger partial charge in [-0.15, -0.1) is 11.3 Å². The van der Waals surface area contributed by atoms with Crippen LogP contribution in [0.25, 0.3) is 22.1 Å². The molecular weight excluding hydrogens is 417 g/mol. The lowest BCUT2D eigenvalue weighted by atomic mass is 10.0. The summed E-state index contributed by atoms with van der Waals surface area (Å²) in [5.74, 6) is -2.44. The van der Waals surface area contributed by atoms with Gasteiger partial charge in [0, 0.05) is 26.9 Å². The maximum absolute atomic E-state index is 14.5. The number of amides is 1. The summed E-state index contributed by atoms with van der Waals surface area (Å²) in [7, 11) is 0. The summed E-state index contributed by atoms with van der Waals surface area (Å²) in [6, 6.07) is 11.3. The number of thiophene rings is 1. The molecule has 0 aliphatic rings. The molecule has 2 aromatic carbocycles. The van der Waals surface area contributed by atoms with Crippen LogP contribution in [-0.4, -0.2) is 17.0 Å². The van der Waals surface area contributed by atoms with E-state index in [-0.39, 0.29) is 27.5 Å². The Hall–Kier alpha value is -3.16. The molecule has 4 rings (SSSR count). The highest BCUT2D eigenvalue weighted by molar-refractivity contribution is 7.15. The molecule has 0 radical (unpaired) electrons. The molecule has 0 aliphatic carbocycles. The van der Waals surface area contributed by atoms with E-state index < -0.39 is 17.7 Å². The Balaban J connectivity index is 1.73. The number of furan rings is 1. The third kappa shape index (κ3) is 3.50. The fourth-order valence-electron chi connectivity index (χ4n) is 2.97. The van der Waals surface area contributed by atoms with Gasteiger partial charge in [0.05, 0.1) is 0 Å². The Morgan fingerprint density at radius 1 is 1.17 bits per heavy atom. The number of rotatable bonds is 4. The van der Waals surface area contributed by atoms with Crippen molar-refractivity contribution in [3.8, 4) is 11.1 Å². The zero-order valence-corrected chi connectivity index (χ0v) is 16.5. The van der Waals surface area contributed by atoms with Gasteiger partial charge in [0.1, 0.15) is 22.0 Å². The molecule has 0 bridgehead atoms. The number of benzene rings is 2. The van der Waals surface area contributed by atoms with Gasteiger partial charge < -0.3 is 14.8 Å². The van der Waals surface area contributed by atoms with Crippen LogP contribution in [0, 0.1) is 12.7 Å². The standard InChI is InChI=1S/C21H13ClFNO4S/c1-10-6-15(23)12(8-14(10)22)13-9-29-20(18(13)21(26)27)24-19(25)17-7-11-4-2-3-5-16(11)28-17/h2-9H,1H3,(H,24,25)(H,26,27). The molecule has 0 unspecified atom stereocenters. The Kier molecular flexibility index (Phi) is 4.86. The number of hydrogen-bond donors (Lipinski definition) is 2. The molecule has 0 fully saturated rings. The van der Waals surface area contributed by atoms with E-state index in [0.29, 0.717) is 16.2 Å². The van der Waals surface area contributed by atoms with Gasteiger partial charge in [-0.1, -0.05) is 29.8 Å². The van der Waals surface area contributed by atoms with Gasteiger partial charge in [-0.05, 0) is 36.8 Å². The van der Waals surface area contributed by atoms with Crippen LogP contribution < -0.4 is 5.32 Å². The number of nitrogens with one attached hydrogen (secondary N) is 1. The third-order valence-corrected chi connectivity index (χ3v) is 5.72. The molecule has 0 saturated carbocycles. The minimum Gasteiger partial charge on any atom is -0.478 e. The third-order valence-electron chi connectivity index (χ3n) is 4.42. The number of anilines is 1. The van der Waals surface area contributed by atoms with Crippen molar-refractivity contribution in [1.82, 2.24) is 0 Å². The largest absolute Gasteiger partial charge is 0.478 e. The second-order valence-electron chi connectivity index (χ2n) is 6.34. The normalized spacial score (nSPS) is 11.0. The van der Waals surface area contributed by atoms with Crippen molar-refractivity contribution in [1.29, 1.82) is 0 Å². The van der Waals surface area contributed by atoms with E-state index in [1.165, 1.54) is 17.5 Å². The number of hydrogen-bond acceptors (Lipinski definition) is 4. The number of fused-ring (bicyclic) bond motifs is 1. The van der Waals surface area contributed by atoms with E-state index in [0.717, 1.165) is 16.7 Å². The van der Waals surface area contributed by atoms with Gasteiger partial charge >= 0.3 is 5.97 Å². The number of carbonyl (C=O) groups excluding carboxylic acids is 1. The van der Waals surface area contributed by atoms with Crippen molar-refractivity contribution in [2.75, 3.05) is 5.32 Å². The number of para-hydroxylation sites is 1. The highest BCUT2D eigenvalue weighted by Gasteiger charge is 2.24. The van der Waals surface area contributed by atoms with Gasteiger partial charge in [-0.2, -0.15) is 0 Å². The molecule has 2 N–H and O–H groups in total. The first kappa shape index (κ1) is 19.2. The highest BCUT2D eigenvalue weighted by Crippen LogP contribution is 2.38. The maximum atomic E-state index is 14.5. The summed E-state index contributed by atoms with van der Waals surface area (Å²) >= 11 is 7.07. The molecule has 5 nitrogen and oxygen atoms in total. The smallest absolute Gasteiger partial charge is 0.339 e. The van der Waals surface area contributed by atoms with E-state index >= 15 is 0 Å². The van der Waals surface area contributed by atoms with Crippen molar-refractivity contribution in [3.63, 3.8) is 0 Å². The Morgan fingerprint density at radius 3 is 2.66 bits per heavy atom. The molecule has 0 saturated heterocycles. The lowest BCUT2D eigenvalue weighted by Crippen LogP contribution is -2.12. The van der Waals surface area contributed by atoms with Gasteiger partial charge in [-0.25, -0.2) is 9.18 Å². The first-order valence-electron chi connectivity index (χ1n) is 8.46. The van der Waals surface area contributed by atoms with E-state index in [9.17, 15) is 19.1 Å². The van der Waals surface area contributed by atoms with Crippen LogP contribution in [0.5, 0.6) is 0 Å². The molecule has 0 aliphatic heterocycles. The summed E-state index contributed by atoms with van der Waals surface area (Å²) in [6.45, 7) is 1.65. The van der Waals surface area contributed by atoms with Gasteiger partial charge in [0.2, 0.25) is 0 Å². The highest BCUT2D eigenvalue weighted by atomic mass is 35.5. The Bertz CT molecular complexity index is 1240. The van der Waals surface area contributed by atoms with Crippen molar-refractivity contribution >= 4 is 50.8 Å². The van der Waals surface area contributed by atoms with E-state index in [1.54, 1.807) is 31.2 Å². The number of aryl methyl sites for hydroxylation is 1. The lowest BCUT2D eigenvalue weighted by molar-refractivity contribution is 0.0699. The molecular formula is C21H13ClFNO4S. The first-order valence-corrected chi connectivity index (χ1v) is 9.71. The summed E-state index contributed by atoms with van der Waals surface area (Å²) in [5.41, 5.74) is 1.07. The molecule has 0 atom stereocenters. The fraction of sp³-hybridized carbons (Fsp3) is 0.0476. The van der Waals surface area contributed by atoms with Gasteiger partial charge in [-0.3, -0.25) is 4.79 Å². The van der Waals surface area contributed by atoms with E-state index in [1.807, 2.05) is 6.07 Å². The number of carboxylic acids is 1. The van der Waals surface area contributed by atoms with Gasteiger partial charge in [0.25, 0.3) is 5.91 Å². The predicted molar refractivity (Wildman–Crippen MR) is 111 cm³/mol. The number of aromatic carboxylic acids is 1. The zero-order chi connectivity index (χ0) is 20.7. The second-order valence-corrected chi connectivity index (χ2v) is 7.63.